The summed E-state index contributed by atoms with van der Waals surface area (Å²) in [6.07, 6.45) is 12.2. The summed E-state index contributed by atoms with van der Waals surface area (Å²) in [6, 6.07) is 32.2. The highest BCUT2D eigenvalue weighted by molar-refractivity contribution is 6.00. The molecule has 2 fully saturated rings. The number of aryl methyl sites for hydroxylation is 1. The van der Waals surface area contributed by atoms with E-state index in [0.717, 1.165) is 49.1 Å². The number of fused-ring (bicyclic) bond motifs is 10. The number of amides is 1. The summed E-state index contributed by atoms with van der Waals surface area (Å²) < 4.78 is 96.8. The van der Waals surface area contributed by atoms with E-state index in [0.29, 0.717) is 137 Å². The van der Waals surface area contributed by atoms with Crippen molar-refractivity contribution in [2.75, 3.05) is 45.3 Å². The zero-order valence-electron chi connectivity index (χ0n) is 53.2. The molecule has 22 heteroatoms. The van der Waals surface area contributed by atoms with Gasteiger partial charge in [0.15, 0.2) is 29.6 Å². The molecule has 0 spiro atoms. The zero-order chi connectivity index (χ0) is 66.8. The highest BCUT2D eigenvalue weighted by Gasteiger charge is 2.52. The van der Waals surface area contributed by atoms with Crippen molar-refractivity contribution < 1.29 is 61.4 Å². The summed E-state index contributed by atoms with van der Waals surface area (Å²) in [4.78, 5) is 29.8. The number of aromatic nitrogens is 7. The highest BCUT2D eigenvalue weighted by Crippen LogP contribution is 2.56. The van der Waals surface area contributed by atoms with Crippen LogP contribution in [0.15, 0.2) is 115 Å². The SMILES string of the molecule is COc1cc(OCCCC2C[C@H]3[C@@H](CCc4nn[nH]c42)[C@H]3COC(=O)NCCCCCCNc2c(F)c(F)c(-c3c4nc(c(-c5cccc(O)c5)c5ccc([nH]5)c(-c5cccc(O)c5)c5nc(c(-c6cccc(O)c6)c6ccc3[nH]6)C=C5)C=C4)c(F)c2F)ccc1C1OCC(C)O1. The molecular weight excluding hydrogens is 1250 g/mol. The minimum absolute atomic E-state index is 0.00580. The third kappa shape index (κ3) is 13.3. The lowest BCUT2D eigenvalue weighted by Crippen LogP contribution is -2.26. The number of alkyl carbamates (subject to hydrolysis) is 1. The number of benzene rings is 5. The van der Waals surface area contributed by atoms with Crippen molar-refractivity contribution in [3.05, 3.63) is 178 Å². The van der Waals surface area contributed by atoms with Gasteiger partial charge in [0, 0.05) is 75.0 Å². The lowest BCUT2D eigenvalue weighted by atomic mass is 9.88. The van der Waals surface area contributed by atoms with Crippen LogP contribution in [0.2, 0.25) is 0 Å². The number of ether oxygens (including phenoxy) is 5. The Morgan fingerprint density at radius 1 is 0.649 bits per heavy atom. The Labute approximate surface area is 555 Å². The lowest BCUT2D eigenvalue weighted by Gasteiger charge is -2.19. The van der Waals surface area contributed by atoms with Crippen LogP contribution in [0.1, 0.15) is 110 Å². The van der Waals surface area contributed by atoms with E-state index in [1.807, 2.05) is 49.4 Å². The van der Waals surface area contributed by atoms with Gasteiger partial charge in [0.05, 0.1) is 72.8 Å². The molecule has 7 heterocycles. The Bertz CT molecular complexity index is 4650. The average Bonchev–Trinajstić information content (AvgIpc) is 1.75. The molecule has 9 aromatic rings. The van der Waals surface area contributed by atoms with Gasteiger partial charge in [0.2, 0.25) is 0 Å². The smallest absolute Gasteiger partial charge is 0.407 e. The minimum atomic E-state index is -1.66. The number of nitrogens with one attached hydrogen (secondary N) is 5. The monoisotopic (exact) mass is 1320 g/mol. The average molecular weight is 1320 g/mol. The van der Waals surface area contributed by atoms with Crippen LogP contribution in [0.5, 0.6) is 28.7 Å². The second kappa shape index (κ2) is 27.7. The molecule has 5 aromatic carbocycles. The molecule has 97 heavy (non-hydrogen) atoms. The number of carbonyl (C=O) groups is 1. The fourth-order valence-corrected chi connectivity index (χ4v) is 14.1. The van der Waals surface area contributed by atoms with Crippen LogP contribution in [0, 0.1) is 41.0 Å². The van der Waals surface area contributed by atoms with Crippen LogP contribution in [-0.2, 0) is 20.6 Å². The number of aromatic hydroxyl groups is 3. The fourth-order valence-electron chi connectivity index (χ4n) is 14.1. The number of phenolic OH excluding ortho intramolecular Hbond substituents is 3. The molecule has 8 N–H and O–H groups in total. The minimum Gasteiger partial charge on any atom is -0.508 e. The van der Waals surface area contributed by atoms with E-state index in [1.54, 1.807) is 67.8 Å². The van der Waals surface area contributed by atoms with E-state index in [1.165, 1.54) is 36.4 Å². The predicted molar refractivity (Wildman–Crippen MR) is 361 cm³/mol. The van der Waals surface area contributed by atoms with Crippen LogP contribution in [-0.4, -0.2) is 103 Å². The third-order valence-electron chi connectivity index (χ3n) is 18.9. The summed E-state index contributed by atoms with van der Waals surface area (Å²) in [7, 11) is 1.61. The summed E-state index contributed by atoms with van der Waals surface area (Å²) >= 11 is 0. The molecule has 6 atom stereocenters. The van der Waals surface area contributed by atoms with Crippen LogP contribution >= 0.6 is 0 Å². The third-order valence-corrected chi connectivity index (χ3v) is 18.9. The zero-order valence-corrected chi connectivity index (χ0v) is 53.2. The molecule has 2 aliphatic carbocycles. The number of unbranched alkanes of at least 4 members (excludes halogenated alkanes) is 3. The molecule has 3 unspecified atom stereocenters. The quantitative estimate of drug-likeness (QED) is 0.0189. The molecule has 4 aromatic heterocycles. The van der Waals surface area contributed by atoms with Crippen molar-refractivity contribution in [2.45, 2.75) is 83.0 Å². The molecule has 5 aliphatic rings. The number of aromatic amines is 3. The molecular formula is C75H71F4N9O9. The molecule has 3 aliphatic heterocycles. The van der Waals surface area contributed by atoms with Gasteiger partial charge in [-0.1, -0.05) is 54.5 Å². The predicted octanol–water partition coefficient (Wildman–Crippen LogP) is 16.1. The number of anilines is 1. The number of phenols is 3. The first-order valence-corrected chi connectivity index (χ1v) is 32.8. The molecule has 0 radical (unpaired) electrons. The topological polar surface area (TPSA) is 247 Å². The Kier molecular flexibility index (Phi) is 18.3. The summed E-state index contributed by atoms with van der Waals surface area (Å²) in [6.45, 7) is 3.61. The van der Waals surface area contributed by atoms with E-state index in [9.17, 15) is 20.1 Å². The second-order valence-corrected chi connectivity index (χ2v) is 25.2. The van der Waals surface area contributed by atoms with Gasteiger partial charge in [-0.25, -0.2) is 32.3 Å². The number of halogens is 4. The van der Waals surface area contributed by atoms with Crippen molar-refractivity contribution in [3.63, 3.8) is 0 Å². The summed E-state index contributed by atoms with van der Waals surface area (Å²) in [5, 5.41) is 49.5. The van der Waals surface area contributed by atoms with E-state index >= 15 is 17.6 Å². The van der Waals surface area contributed by atoms with E-state index in [-0.39, 0.29) is 64.2 Å². The fraction of sp³-hybridized carbons (Fsp3) is 0.293. The first-order valence-electron chi connectivity index (χ1n) is 32.8. The van der Waals surface area contributed by atoms with Gasteiger partial charge in [-0.2, -0.15) is 0 Å². The number of methoxy groups -OCH3 is 1. The Balaban J connectivity index is 0.640. The van der Waals surface area contributed by atoms with Crippen LogP contribution in [0.25, 0.3) is 90.9 Å². The van der Waals surface area contributed by atoms with Gasteiger partial charge in [0.25, 0.3) is 0 Å². The van der Waals surface area contributed by atoms with E-state index in [2.05, 4.69) is 36.0 Å². The molecule has 18 nitrogen and oxygen atoms in total. The van der Waals surface area contributed by atoms with Gasteiger partial charge in [-0.3, -0.25) is 5.10 Å². The molecule has 498 valence electrons. The van der Waals surface area contributed by atoms with Crippen molar-refractivity contribution in [1.82, 2.24) is 40.7 Å². The van der Waals surface area contributed by atoms with Crippen molar-refractivity contribution in [2.24, 2.45) is 17.8 Å². The van der Waals surface area contributed by atoms with Gasteiger partial charge in [-0.15, -0.1) is 5.10 Å². The van der Waals surface area contributed by atoms with Gasteiger partial charge >= 0.3 is 6.09 Å². The maximum atomic E-state index is 17.1. The van der Waals surface area contributed by atoms with Crippen LogP contribution in [0.4, 0.5) is 28.0 Å². The Morgan fingerprint density at radius 2 is 1.22 bits per heavy atom. The standard InChI is InChI=1S/C75H71F4N9O9/c1-40-38-95-74(97-40)50-19-18-48(37-62(50)93-2)94-32-10-14-44-36-51-49(20-21-61-72(44)87-88-86-61)52(51)39-96-75(92)81-31-6-4-3-5-30-80-73-70(78)68(76)67(69(77)71(73)79)66-59-28-26-57(84-59)64(42-12-8-16-46(90)34-42)55-24-22-53(82-55)63(41-11-7-15-45(89)33-41)54-23-25-56(83-54)65(58-27-29-60(66)85-58)43-13-9-17-47(91)35-43/h7-9,11-13,15-19,22-29,33-35,37,40,44,49,51-52,74,80,82,85,89-91H,3-6,10,14,20-21,30-32,36,38-39H2,1-2H3,(H,81,92)(H,86,87,88)/t40?,44?,49-,51+,52-,74?/m1/s1. The summed E-state index contributed by atoms with van der Waals surface area (Å²) in [5.41, 5.74) is 6.41. The van der Waals surface area contributed by atoms with E-state index in [4.69, 9.17) is 33.7 Å². The normalized spacial score (nSPS) is 18.5. The van der Waals surface area contributed by atoms with Crippen molar-refractivity contribution in [3.8, 4) is 73.3 Å². The number of hydrogen-bond donors (Lipinski definition) is 8. The number of rotatable bonds is 21. The maximum absolute atomic E-state index is 17.1. The molecule has 1 saturated carbocycles. The molecule has 8 bridgehead atoms. The van der Waals surface area contributed by atoms with Gasteiger partial charge in [0.1, 0.15) is 34.4 Å². The number of hydrogen-bond acceptors (Lipinski definition) is 14. The van der Waals surface area contributed by atoms with Crippen LogP contribution in [0.3, 0.4) is 0 Å². The van der Waals surface area contributed by atoms with Crippen molar-refractivity contribution >= 4 is 58.2 Å². The number of H-pyrrole nitrogens is 3. The number of carbonyl (C=O) groups excluding carboxylic acids is 1. The van der Waals surface area contributed by atoms with Crippen molar-refractivity contribution in [1.29, 1.82) is 0 Å². The Hall–Kier alpha value is -10.5. The second-order valence-electron chi connectivity index (χ2n) is 25.2. The van der Waals surface area contributed by atoms with Crippen LogP contribution < -0.4 is 20.1 Å². The van der Waals surface area contributed by atoms with Gasteiger partial charge in [-0.05, 0) is 183 Å². The highest BCUT2D eigenvalue weighted by atomic mass is 19.2. The molecule has 1 saturated heterocycles. The Morgan fingerprint density at radius 3 is 1.77 bits per heavy atom. The number of nitrogens with zero attached hydrogens (tertiary/aromatic N) is 4. The van der Waals surface area contributed by atoms with Gasteiger partial charge < -0.3 is 59.6 Å². The first kappa shape index (κ1) is 63.9. The molecule has 1 amide bonds. The molecule has 14 rings (SSSR count). The lowest BCUT2D eigenvalue weighted by molar-refractivity contribution is -0.0584. The maximum Gasteiger partial charge on any atom is 0.407 e. The van der Waals surface area contributed by atoms with E-state index < -0.39 is 46.9 Å². The summed E-state index contributed by atoms with van der Waals surface area (Å²) in [5.74, 6) is -4.11. The largest absolute Gasteiger partial charge is 0.508 e. The first-order chi connectivity index (χ1) is 47.2.